The van der Waals surface area contributed by atoms with Crippen LogP contribution < -0.4 is 0 Å². The lowest BCUT2D eigenvalue weighted by molar-refractivity contribution is 0.134. The topological polar surface area (TPSA) is 43.7 Å². The fraction of sp³-hybridized carbons (Fsp3) is 0.500. The number of benzene rings is 1. The molecule has 1 aliphatic rings. The smallest absolute Gasteiger partial charge is 0.124 e. The molecule has 2 rings (SSSR count). The summed E-state index contributed by atoms with van der Waals surface area (Å²) in [6.07, 6.45) is 1.06. The summed E-state index contributed by atoms with van der Waals surface area (Å²) in [6, 6.07) is 4.70. The first-order valence-electron chi connectivity index (χ1n) is 6.88. The first kappa shape index (κ1) is 15.0. The first-order chi connectivity index (χ1) is 9.65. The highest BCUT2D eigenvalue weighted by molar-refractivity contribution is 5.41. The molecule has 20 heavy (non-hydrogen) atoms. The van der Waals surface area contributed by atoms with Crippen molar-refractivity contribution in [2.45, 2.75) is 25.9 Å². The molecule has 1 fully saturated rings. The van der Waals surface area contributed by atoms with Crippen molar-refractivity contribution in [1.82, 2.24) is 4.90 Å². The van der Waals surface area contributed by atoms with Gasteiger partial charge in [0, 0.05) is 18.2 Å². The molecule has 1 heterocycles. The molecule has 0 radical (unpaired) electrons. The molecule has 0 aromatic heterocycles. The van der Waals surface area contributed by atoms with Crippen molar-refractivity contribution in [3.63, 3.8) is 0 Å². The van der Waals surface area contributed by atoms with E-state index >= 15 is 0 Å². The highest BCUT2D eigenvalue weighted by Crippen LogP contribution is 2.26. The zero-order valence-corrected chi connectivity index (χ0v) is 11.6. The van der Waals surface area contributed by atoms with Crippen molar-refractivity contribution in [2.75, 3.05) is 19.8 Å². The molecule has 1 aromatic carbocycles. The molecule has 0 saturated carbocycles. The zero-order chi connectivity index (χ0) is 14.5. The maximum absolute atomic E-state index is 13.3. The summed E-state index contributed by atoms with van der Waals surface area (Å²) >= 11 is 0. The van der Waals surface area contributed by atoms with Crippen LogP contribution >= 0.6 is 0 Å². The first-order valence-corrected chi connectivity index (χ1v) is 6.88. The number of halogens is 1. The second-order valence-corrected chi connectivity index (χ2v) is 5.25. The third kappa shape index (κ3) is 3.37. The van der Waals surface area contributed by atoms with Crippen LogP contribution in [0.3, 0.4) is 0 Å². The van der Waals surface area contributed by atoms with Gasteiger partial charge in [-0.05, 0) is 36.6 Å². The Kier molecular flexibility index (Phi) is 5.13. The Morgan fingerprint density at radius 1 is 1.40 bits per heavy atom. The molecule has 0 bridgehead atoms. The van der Waals surface area contributed by atoms with Crippen molar-refractivity contribution >= 4 is 0 Å². The number of aliphatic hydroxyl groups is 2. The Bertz CT molecular complexity index is 521. The second kappa shape index (κ2) is 6.85. The monoisotopic (exact) mass is 277 g/mol. The molecule has 4 heteroatoms. The van der Waals surface area contributed by atoms with Gasteiger partial charge in [0.15, 0.2) is 0 Å². The number of rotatable bonds is 3. The zero-order valence-electron chi connectivity index (χ0n) is 11.6. The van der Waals surface area contributed by atoms with Gasteiger partial charge in [0.25, 0.3) is 0 Å². The molecule has 0 spiro atoms. The second-order valence-electron chi connectivity index (χ2n) is 5.25. The van der Waals surface area contributed by atoms with Crippen molar-refractivity contribution in [2.24, 2.45) is 5.92 Å². The summed E-state index contributed by atoms with van der Waals surface area (Å²) in [5.41, 5.74) is 1.54. The van der Waals surface area contributed by atoms with Crippen LogP contribution in [0.25, 0.3) is 0 Å². The van der Waals surface area contributed by atoms with Gasteiger partial charge < -0.3 is 10.2 Å². The molecule has 0 aliphatic carbocycles. The summed E-state index contributed by atoms with van der Waals surface area (Å²) in [6.45, 7) is 3.61. The molecular weight excluding hydrogens is 257 g/mol. The normalized spacial score (nSPS) is 22.6. The largest absolute Gasteiger partial charge is 0.395 e. The Labute approximate surface area is 119 Å². The standard InChI is InChI=1S/C16H20FNO2/c1-12-6-7-18(16(12)11-20)10-14-4-5-15(17)9-13(14)3-2-8-19/h4-5,9,12,16,19-20H,6-8,10-11H2,1H3. The minimum Gasteiger partial charge on any atom is -0.395 e. The van der Waals surface area contributed by atoms with Crippen molar-refractivity contribution in [1.29, 1.82) is 0 Å². The van der Waals surface area contributed by atoms with Gasteiger partial charge in [-0.1, -0.05) is 24.8 Å². The van der Waals surface area contributed by atoms with Crippen molar-refractivity contribution < 1.29 is 14.6 Å². The van der Waals surface area contributed by atoms with Crippen molar-refractivity contribution in [3.05, 3.63) is 35.1 Å². The fourth-order valence-corrected chi connectivity index (χ4v) is 2.74. The van der Waals surface area contributed by atoms with Crippen LogP contribution in [0.1, 0.15) is 24.5 Å². The average Bonchev–Trinajstić information content (AvgIpc) is 2.79. The predicted octanol–water partition coefficient (Wildman–Crippen LogP) is 1.37. The van der Waals surface area contributed by atoms with E-state index in [0.717, 1.165) is 18.5 Å². The van der Waals surface area contributed by atoms with E-state index in [1.807, 2.05) is 0 Å². The maximum Gasteiger partial charge on any atom is 0.124 e. The van der Waals surface area contributed by atoms with E-state index in [2.05, 4.69) is 23.7 Å². The van der Waals surface area contributed by atoms with E-state index in [9.17, 15) is 9.50 Å². The molecule has 2 N–H and O–H groups in total. The van der Waals surface area contributed by atoms with Gasteiger partial charge in [-0.3, -0.25) is 4.90 Å². The Morgan fingerprint density at radius 3 is 2.90 bits per heavy atom. The van der Waals surface area contributed by atoms with E-state index < -0.39 is 0 Å². The number of likely N-dealkylation sites (tertiary alicyclic amines) is 1. The van der Waals surface area contributed by atoms with Gasteiger partial charge in [-0.2, -0.15) is 0 Å². The lowest BCUT2D eigenvalue weighted by Crippen LogP contribution is -2.34. The summed E-state index contributed by atoms with van der Waals surface area (Å²) in [4.78, 5) is 2.21. The Hall–Kier alpha value is -1.41. The molecule has 108 valence electrons. The highest BCUT2D eigenvalue weighted by Gasteiger charge is 2.30. The molecule has 1 aromatic rings. The van der Waals surface area contributed by atoms with Crippen LogP contribution in [0.15, 0.2) is 18.2 Å². The molecule has 2 atom stereocenters. The number of aliphatic hydroxyl groups excluding tert-OH is 2. The molecule has 2 unspecified atom stereocenters. The van der Waals surface area contributed by atoms with Crippen LogP contribution in [0.4, 0.5) is 4.39 Å². The molecular formula is C16H20FNO2. The number of nitrogens with zero attached hydrogens (tertiary/aromatic N) is 1. The summed E-state index contributed by atoms with van der Waals surface area (Å²) < 4.78 is 13.3. The SMILES string of the molecule is CC1CCN(Cc2ccc(F)cc2C#CCO)C1CO. The van der Waals surface area contributed by atoms with Crippen LogP contribution in [-0.4, -0.2) is 40.9 Å². The van der Waals surface area contributed by atoms with Crippen molar-refractivity contribution in [3.8, 4) is 11.8 Å². The quantitative estimate of drug-likeness (QED) is 0.820. The van der Waals surface area contributed by atoms with E-state index in [0.29, 0.717) is 18.0 Å². The maximum atomic E-state index is 13.3. The Morgan fingerprint density at radius 2 is 2.20 bits per heavy atom. The van der Waals surface area contributed by atoms with E-state index in [4.69, 9.17) is 5.11 Å². The third-order valence-electron chi connectivity index (χ3n) is 3.93. The summed E-state index contributed by atoms with van der Waals surface area (Å²) in [7, 11) is 0. The lowest BCUT2D eigenvalue weighted by Gasteiger charge is -2.25. The van der Waals surface area contributed by atoms with E-state index in [1.54, 1.807) is 6.07 Å². The van der Waals surface area contributed by atoms with E-state index in [1.165, 1.54) is 12.1 Å². The highest BCUT2D eigenvalue weighted by atomic mass is 19.1. The average molecular weight is 277 g/mol. The predicted molar refractivity (Wildman–Crippen MR) is 75.4 cm³/mol. The van der Waals surface area contributed by atoms with Gasteiger partial charge in [0.05, 0.1) is 6.61 Å². The van der Waals surface area contributed by atoms with Gasteiger partial charge in [0.1, 0.15) is 12.4 Å². The van der Waals surface area contributed by atoms with Crippen LogP contribution in [0, 0.1) is 23.6 Å². The van der Waals surface area contributed by atoms with Gasteiger partial charge >= 0.3 is 0 Å². The summed E-state index contributed by atoms with van der Waals surface area (Å²) in [5.74, 6) is 5.49. The van der Waals surface area contributed by atoms with Gasteiger partial charge in [-0.15, -0.1) is 0 Å². The van der Waals surface area contributed by atoms with Crippen LogP contribution in [-0.2, 0) is 6.54 Å². The minimum absolute atomic E-state index is 0.139. The van der Waals surface area contributed by atoms with E-state index in [-0.39, 0.29) is 25.1 Å². The summed E-state index contributed by atoms with van der Waals surface area (Å²) in [5, 5.41) is 18.3. The number of hydrogen-bond donors (Lipinski definition) is 2. The third-order valence-corrected chi connectivity index (χ3v) is 3.93. The van der Waals surface area contributed by atoms with Gasteiger partial charge in [0.2, 0.25) is 0 Å². The molecule has 3 nitrogen and oxygen atoms in total. The molecule has 1 aliphatic heterocycles. The Balaban J connectivity index is 2.20. The number of hydrogen-bond acceptors (Lipinski definition) is 3. The minimum atomic E-state index is -0.329. The van der Waals surface area contributed by atoms with Crippen LogP contribution in [0.2, 0.25) is 0 Å². The van der Waals surface area contributed by atoms with Gasteiger partial charge in [-0.25, -0.2) is 4.39 Å². The fourth-order valence-electron chi connectivity index (χ4n) is 2.74. The molecule has 0 amide bonds. The lowest BCUT2D eigenvalue weighted by atomic mass is 10.0. The van der Waals surface area contributed by atoms with Crippen LogP contribution in [0.5, 0.6) is 0 Å². The molecule has 1 saturated heterocycles.